The summed E-state index contributed by atoms with van der Waals surface area (Å²) < 4.78 is 13.4. The third-order valence-electron chi connectivity index (χ3n) is 4.29. The van der Waals surface area contributed by atoms with Gasteiger partial charge in [-0.1, -0.05) is 6.07 Å². The predicted octanol–water partition coefficient (Wildman–Crippen LogP) is 3.78. The molecule has 0 aromatic heterocycles. The molecule has 1 aliphatic heterocycles. The van der Waals surface area contributed by atoms with Crippen LogP contribution >= 0.6 is 11.8 Å². The highest BCUT2D eigenvalue weighted by molar-refractivity contribution is 7.98. The van der Waals surface area contributed by atoms with Gasteiger partial charge in [-0.15, -0.1) is 11.8 Å². The summed E-state index contributed by atoms with van der Waals surface area (Å²) in [5, 5.41) is 5.47. The highest BCUT2D eigenvalue weighted by atomic mass is 32.2. The van der Waals surface area contributed by atoms with E-state index >= 15 is 0 Å². The summed E-state index contributed by atoms with van der Waals surface area (Å²) in [5.41, 5.74) is 1.80. The zero-order valence-electron chi connectivity index (χ0n) is 14.6. The van der Waals surface area contributed by atoms with E-state index in [2.05, 4.69) is 10.6 Å². The maximum atomic E-state index is 13.4. The Morgan fingerprint density at radius 3 is 2.81 bits per heavy atom. The van der Waals surface area contributed by atoms with Crippen LogP contribution in [0.2, 0.25) is 0 Å². The van der Waals surface area contributed by atoms with Gasteiger partial charge < -0.3 is 15.5 Å². The van der Waals surface area contributed by atoms with E-state index in [9.17, 15) is 14.0 Å². The van der Waals surface area contributed by atoms with Gasteiger partial charge in [0.1, 0.15) is 11.9 Å². The van der Waals surface area contributed by atoms with Crippen LogP contribution in [0, 0.1) is 12.7 Å². The fourth-order valence-electron chi connectivity index (χ4n) is 2.89. The summed E-state index contributed by atoms with van der Waals surface area (Å²) in [6, 6.07) is 11.0. The molecule has 7 heteroatoms. The maximum absolute atomic E-state index is 13.4. The zero-order valence-corrected chi connectivity index (χ0v) is 15.4. The molecule has 1 saturated heterocycles. The molecule has 0 spiro atoms. The lowest BCUT2D eigenvalue weighted by Gasteiger charge is -2.18. The van der Waals surface area contributed by atoms with E-state index in [1.54, 1.807) is 41.8 Å². The standard InChI is InChI=1S/C19H20FN3O2S/c1-12-10-14(6-7-16(12)20)23-9-8-17(18(23)24)22-19(25)21-13-4-3-5-15(11-13)26-2/h3-7,10-11,17H,8-9H2,1-2H3,(H2,21,22,25)/t17-/m1/s1. The van der Waals surface area contributed by atoms with Crippen LogP contribution in [-0.2, 0) is 4.79 Å². The molecule has 1 fully saturated rings. The SMILES string of the molecule is CSc1cccc(NC(=O)N[C@@H]2CCN(c3ccc(F)c(C)c3)C2=O)c1. The van der Waals surface area contributed by atoms with Crippen molar-refractivity contribution in [1.82, 2.24) is 5.32 Å². The number of carbonyl (C=O) groups is 2. The molecule has 26 heavy (non-hydrogen) atoms. The average molecular weight is 373 g/mol. The number of halogens is 1. The van der Waals surface area contributed by atoms with E-state index in [1.807, 2.05) is 24.5 Å². The van der Waals surface area contributed by atoms with Crippen LogP contribution in [0.3, 0.4) is 0 Å². The molecule has 1 aliphatic rings. The first kappa shape index (κ1) is 18.3. The molecule has 1 heterocycles. The molecule has 2 N–H and O–H groups in total. The van der Waals surface area contributed by atoms with E-state index < -0.39 is 12.1 Å². The second-order valence-corrected chi connectivity index (χ2v) is 6.97. The van der Waals surface area contributed by atoms with Gasteiger partial charge >= 0.3 is 6.03 Å². The van der Waals surface area contributed by atoms with Gasteiger partial charge in [0.15, 0.2) is 0 Å². The number of thioether (sulfide) groups is 1. The first-order chi connectivity index (χ1) is 12.5. The van der Waals surface area contributed by atoms with Crippen molar-refractivity contribution in [2.75, 3.05) is 23.0 Å². The number of urea groups is 1. The topological polar surface area (TPSA) is 61.4 Å². The fourth-order valence-corrected chi connectivity index (χ4v) is 3.35. The van der Waals surface area contributed by atoms with Gasteiger partial charge in [0.2, 0.25) is 5.91 Å². The van der Waals surface area contributed by atoms with Crippen molar-refractivity contribution in [1.29, 1.82) is 0 Å². The molecular weight excluding hydrogens is 353 g/mol. The van der Waals surface area contributed by atoms with E-state index in [4.69, 9.17) is 0 Å². The lowest BCUT2D eigenvalue weighted by atomic mass is 10.2. The van der Waals surface area contributed by atoms with E-state index in [1.165, 1.54) is 6.07 Å². The fraction of sp³-hybridized carbons (Fsp3) is 0.263. The summed E-state index contributed by atoms with van der Waals surface area (Å²) in [6.07, 6.45) is 2.47. The highest BCUT2D eigenvalue weighted by Gasteiger charge is 2.33. The number of aryl methyl sites for hydroxylation is 1. The number of amides is 3. The Hall–Kier alpha value is -2.54. The van der Waals surface area contributed by atoms with Crippen molar-refractivity contribution < 1.29 is 14.0 Å². The van der Waals surface area contributed by atoms with Crippen molar-refractivity contribution >= 4 is 35.1 Å². The summed E-state index contributed by atoms with van der Waals surface area (Å²) in [6.45, 7) is 2.14. The molecule has 3 rings (SSSR count). The van der Waals surface area contributed by atoms with Gasteiger partial charge in [-0.25, -0.2) is 9.18 Å². The maximum Gasteiger partial charge on any atom is 0.319 e. The number of benzene rings is 2. The van der Waals surface area contributed by atoms with Crippen LogP contribution in [-0.4, -0.2) is 30.8 Å². The molecule has 0 unspecified atom stereocenters. The predicted molar refractivity (Wildman–Crippen MR) is 102 cm³/mol. The molecule has 0 bridgehead atoms. The number of nitrogens with zero attached hydrogens (tertiary/aromatic N) is 1. The number of nitrogens with one attached hydrogen (secondary N) is 2. The van der Waals surface area contributed by atoms with Crippen LogP contribution in [0.4, 0.5) is 20.6 Å². The number of anilines is 2. The third-order valence-corrected chi connectivity index (χ3v) is 5.02. The first-order valence-corrected chi connectivity index (χ1v) is 9.49. The first-order valence-electron chi connectivity index (χ1n) is 8.27. The summed E-state index contributed by atoms with van der Waals surface area (Å²) in [5.74, 6) is -0.494. The summed E-state index contributed by atoms with van der Waals surface area (Å²) in [7, 11) is 0. The average Bonchev–Trinajstić information content (AvgIpc) is 2.98. The second kappa shape index (κ2) is 7.78. The quantitative estimate of drug-likeness (QED) is 0.802. The molecule has 0 radical (unpaired) electrons. The molecule has 2 aromatic rings. The Morgan fingerprint density at radius 2 is 2.08 bits per heavy atom. The van der Waals surface area contributed by atoms with Crippen LogP contribution < -0.4 is 15.5 Å². The zero-order chi connectivity index (χ0) is 18.7. The Morgan fingerprint density at radius 1 is 1.27 bits per heavy atom. The van der Waals surface area contributed by atoms with Crippen molar-refractivity contribution in [3.05, 3.63) is 53.8 Å². The minimum atomic E-state index is -0.593. The monoisotopic (exact) mass is 373 g/mol. The van der Waals surface area contributed by atoms with Crippen molar-refractivity contribution in [3.63, 3.8) is 0 Å². The Bertz CT molecular complexity index is 843. The smallest absolute Gasteiger partial charge is 0.319 e. The van der Waals surface area contributed by atoms with Crippen molar-refractivity contribution in [2.45, 2.75) is 24.3 Å². The van der Waals surface area contributed by atoms with Gasteiger partial charge in [0, 0.05) is 22.8 Å². The molecule has 5 nitrogen and oxygen atoms in total. The van der Waals surface area contributed by atoms with Crippen LogP contribution in [0.5, 0.6) is 0 Å². The summed E-state index contributed by atoms with van der Waals surface area (Å²) in [4.78, 5) is 27.4. The molecule has 3 amide bonds. The van der Waals surface area contributed by atoms with Gasteiger partial charge in [0.05, 0.1) is 0 Å². The van der Waals surface area contributed by atoms with Gasteiger partial charge in [-0.05, 0) is 61.6 Å². The summed E-state index contributed by atoms with van der Waals surface area (Å²) >= 11 is 1.58. The van der Waals surface area contributed by atoms with Crippen molar-refractivity contribution in [3.8, 4) is 0 Å². The molecule has 2 aromatic carbocycles. The highest BCUT2D eigenvalue weighted by Crippen LogP contribution is 2.24. The van der Waals surface area contributed by atoms with Crippen LogP contribution in [0.1, 0.15) is 12.0 Å². The van der Waals surface area contributed by atoms with Gasteiger partial charge in [-0.3, -0.25) is 4.79 Å². The molecular formula is C19H20FN3O2S. The minimum absolute atomic E-state index is 0.191. The number of hydrogen-bond donors (Lipinski definition) is 2. The molecule has 136 valence electrons. The van der Waals surface area contributed by atoms with Gasteiger partial charge in [0.25, 0.3) is 0 Å². The van der Waals surface area contributed by atoms with E-state index in [0.29, 0.717) is 29.9 Å². The minimum Gasteiger partial charge on any atom is -0.326 e. The van der Waals surface area contributed by atoms with E-state index in [0.717, 1.165) is 4.90 Å². The Kier molecular flexibility index (Phi) is 5.46. The van der Waals surface area contributed by atoms with Crippen molar-refractivity contribution in [2.24, 2.45) is 0 Å². The third kappa shape index (κ3) is 3.99. The lowest BCUT2D eigenvalue weighted by Crippen LogP contribution is -2.43. The van der Waals surface area contributed by atoms with E-state index in [-0.39, 0.29) is 11.7 Å². The van der Waals surface area contributed by atoms with Gasteiger partial charge in [-0.2, -0.15) is 0 Å². The second-order valence-electron chi connectivity index (χ2n) is 6.10. The normalized spacial score (nSPS) is 16.7. The number of rotatable bonds is 4. The Balaban J connectivity index is 1.62. The molecule has 0 saturated carbocycles. The largest absolute Gasteiger partial charge is 0.326 e. The van der Waals surface area contributed by atoms with Crippen LogP contribution in [0.15, 0.2) is 47.4 Å². The lowest BCUT2D eigenvalue weighted by molar-refractivity contribution is -0.118. The number of carbonyl (C=O) groups excluding carboxylic acids is 2. The molecule has 0 aliphatic carbocycles. The Labute approximate surface area is 156 Å². The van der Waals surface area contributed by atoms with Crippen LogP contribution in [0.25, 0.3) is 0 Å². The molecule has 1 atom stereocenters. The number of hydrogen-bond acceptors (Lipinski definition) is 3.